The number of aromatic nitrogens is 3. The van der Waals surface area contributed by atoms with E-state index >= 15 is 0 Å². The molecule has 118 valence electrons. The number of H-pyrrole nitrogens is 1. The molecule has 2 aromatic heterocycles. The first-order valence-corrected chi connectivity index (χ1v) is 6.46. The maximum absolute atomic E-state index is 13.8. The SMILES string of the molecule is N=c1ncn([C@@H]2O[C@H](CO)[C@@H](F)[C@H]2O)c2[nH]cc(C(N)=O)c12. The Morgan fingerprint density at radius 3 is 2.95 bits per heavy atom. The number of aliphatic hydroxyl groups excluding tert-OH is 2. The third-order valence-electron chi connectivity index (χ3n) is 3.67. The molecule has 0 spiro atoms. The van der Waals surface area contributed by atoms with Gasteiger partial charge in [-0.25, -0.2) is 9.37 Å². The lowest BCUT2D eigenvalue weighted by Crippen LogP contribution is -2.30. The second-order valence-electron chi connectivity index (χ2n) is 4.97. The largest absolute Gasteiger partial charge is 0.394 e. The molecule has 4 atom stereocenters. The van der Waals surface area contributed by atoms with Crippen molar-refractivity contribution in [2.75, 3.05) is 6.61 Å². The monoisotopic (exact) mass is 311 g/mol. The highest BCUT2D eigenvalue weighted by Crippen LogP contribution is 2.32. The van der Waals surface area contributed by atoms with Crippen molar-refractivity contribution in [1.82, 2.24) is 14.5 Å². The summed E-state index contributed by atoms with van der Waals surface area (Å²) in [5.41, 5.74) is 5.35. The van der Waals surface area contributed by atoms with Crippen LogP contribution in [-0.4, -0.2) is 55.6 Å². The second kappa shape index (κ2) is 5.16. The third-order valence-corrected chi connectivity index (χ3v) is 3.67. The number of carbonyl (C=O) groups excluding carboxylic acids is 1. The predicted molar refractivity (Wildman–Crippen MR) is 70.4 cm³/mol. The van der Waals surface area contributed by atoms with Gasteiger partial charge in [0.2, 0.25) is 0 Å². The number of hydrogen-bond donors (Lipinski definition) is 5. The number of hydrogen-bond acceptors (Lipinski definition) is 6. The highest BCUT2D eigenvalue weighted by molar-refractivity contribution is 6.04. The standard InChI is InChI=1S/C12H14FN5O4/c13-7-5(2-19)22-12(8(7)20)18-3-17-9(14)6-4(10(15)21)1-16-11(6)18/h1,3,5,7-8,12,14,16,19-20H,2H2,(H2,15,21)/t5-,7-,8-,12-/m1/s1. The molecule has 0 saturated carbocycles. The first-order valence-electron chi connectivity index (χ1n) is 6.46. The number of halogens is 1. The van der Waals surface area contributed by atoms with Crippen molar-refractivity contribution in [3.63, 3.8) is 0 Å². The zero-order valence-corrected chi connectivity index (χ0v) is 11.2. The van der Waals surface area contributed by atoms with Gasteiger partial charge in [0, 0.05) is 6.20 Å². The van der Waals surface area contributed by atoms with E-state index in [0.29, 0.717) is 0 Å². The van der Waals surface area contributed by atoms with Crippen molar-refractivity contribution >= 4 is 16.9 Å². The molecule has 3 heterocycles. The van der Waals surface area contributed by atoms with Gasteiger partial charge in [-0.1, -0.05) is 0 Å². The predicted octanol–water partition coefficient (Wildman–Crippen LogP) is -1.47. The van der Waals surface area contributed by atoms with Crippen molar-refractivity contribution in [2.45, 2.75) is 24.6 Å². The summed E-state index contributed by atoms with van der Waals surface area (Å²) in [4.78, 5) is 17.9. The van der Waals surface area contributed by atoms with E-state index in [9.17, 15) is 14.3 Å². The van der Waals surface area contributed by atoms with Crippen LogP contribution in [0.15, 0.2) is 12.5 Å². The molecule has 1 fully saturated rings. The fourth-order valence-electron chi connectivity index (χ4n) is 2.57. The van der Waals surface area contributed by atoms with E-state index in [1.54, 1.807) is 0 Å². The molecule has 1 saturated heterocycles. The van der Waals surface area contributed by atoms with E-state index in [0.717, 1.165) is 0 Å². The Hall–Kier alpha value is -2.30. The molecule has 10 heteroatoms. The van der Waals surface area contributed by atoms with E-state index < -0.39 is 37.1 Å². The molecule has 22 heavy (non-hydrogen) atoms. The normalized spacial score (nSPS) is 28.3. The topological polar surface area (TPSA) is 150 Å². The number of rotatable bonds is 3. The number of amides is 1. The molecule has 0 unspecified atom stereocenters. The van der Waals surface area contributed by atoms with E-state index in [2.05, 4.69) is 9.97 Å². The summed E-state index contributed by atoms with van der Waals surface area (Å²) >= 11 is 0. The minimum absolute atomic E-state index is 0.0600. The lowest BCUT2D eigenvalue weighted by molar-refractivity contribution is -0.0500. The third kappa shape index (κ3) is 2.00. The van der Waals surface area contributed by atoms with Gasteiger partial charge in [0.1, 0.15) is 24.2 Å². The average molecular weight is 311 g/mol. The Balaban J connectivity index is 2.15. The molecule has 9 nitrogen and oxygen atoms in total. The molecular formula is C12H14FN5O4. The van der Waals surface area contributed by atoms with Crippen LogP contribution in [0.25, 0.3) is 11.0 Å². The van der Waals surface area contributed by atoms with Crippen LogP contribution in [0.5, 0.6) is 0 Å². The molecular weight excluding hydrogens is 297 g/mol. The number of aromatic amines is 1. The molecule has 0 aromatic carbocycles. The van der Waals surface area contributed by atoms with Crippen LogP contribution in [0, 0.1) is 5.41 Å². The molecule has 0 aliphatic carbocycles. The number of nitrogens with two attached hydrogens (primary N) is 1. The highest BCUT2D eigenvalue weighted by Gasteiger charge is 2.45. The fraction of sp³-hybridized carbons (Fsp3) is 0.417. The van der Waals surface area contributed by atoms with Crippen molar-refractivity contribution in [1.29, 1.82) is 5.41 Å². The number of fused-ring (bicyclic) bond motifs is 1. The highest BCUT2D eigenvalue weighted by atomic mass is 19.1. The summed E-state index contributed by atoms with van der Waals surface area (Å²) < 4.78 is 20.4. The first kappa shape index (κ1) is 14.6. The number of alkyl halides is 1. The quantitative estimate of drug-likeness (QED) is 0.469. The van der Waals surface area contributed by atoms with Gasteiger partial charge in [-0.2, -0.15) is 0 Å². The lowest BCUT2D eigenvalue weighted by atomic mass is 10.1. The van der Waals surface area contributed by atoms with Crippen LogP contribution in [0.4, 0.5) is 4.39 Å². The lowest BCUT2D eigenvalue weighted by Gasteiger charge is -2.18. The minimum Gasteiger partial charge on any atom is -0.394 e. The van der Waals surface area contributed by atoms with Crippen LogP contribution < -0.4 is 11.2 Å². The summed E-state index contributed by atoms with van der Waals surface area (Å²) in [5, 5.41) is 26.9. The molecule has 3 rings (SSSR count). The molecule has 1 aliphatic rings. The Labute approximate surface area is 122 Å². The number of aliphatic hydroxyl groups is 2. The van der Waals surface area contributed by atoms with E-state index in [1.807, 2.05) is 0 Å². The molecule has 6 N–H and O–H groups in total. The molecule has 1 aliphatic heterocycles. The van der Waals surface area contributed by atoms with Crippen LogP contribution in [0.2, 0.25) is 0 Å². The van der Waals surface area contributed by atoms with Gasteiger partial charge in [-0.05, 0) is 0 Å². The van der Waals surface area contributed by atoms with Gasteiger partial charge in [0.25, 0.3) is 5.91 Å². The zero-order valence-electron chi connectivity index (χ0n) is 11.2. The first-order chi connectivity index (χ1) is 10.5. The minimum atomic E-state index is -1.76. The van der Waals surface area contributed by atoms with Gasteiger partial charge >= 0.3 is 0 Å². The fourth-order valence-corrected chi connectivity index (χ4v) is 2.57. The molecule has 0 bridgehead atoms. The maximum atomic E-state index is 13.8. The van der Waals surface area contributed by atoms with Crippen molar-refractivity contribution < 1.29 is 24.1 Å². The van der Waals surface area contributed by atoms with Gasteiger partial charge in [-0.15, -0.1) is 0 Å². The summed E-state index contributed by atoms with van der Waals surface area (Å²) in [6.07, 6.45) is -3.11. The second-order valence-corrected chi connectivity index (χ2v) is 4.97. The van der Waals surface area contributed by atoms with Gasteiger partial charge < -0.3 is 25.7 Å². The molecule has 1 amide bonds. The Morgan fingerprint density at radius 2 is 2.36 bits per heavy atom. The number of nitrogens with one attached hydrogen (secondary N) is 2. The molecule has 2 aromatic rings. The summed E-state index contributed by atoms with van der Waals surface area (Å²) in [6.45, 7) is -0.584. The van der Waals surface area contributed by atoms with Crippen LogP contribution >= 0.6 is 0 Å². The van der Waals surface area contributed by atoms with Crippen LogP contribution in [0.1, 0.15) is 16.6 Å². The van der Waals surface area contributed by atoms with E-state index in [4.69, 9.17) is 21.0 Å². The smallest absolute Gasteiger partial charge is 0.251 e. The summed E-state index contributed by atoms with van der Waals surface area (Å²) in [6, 6.07) is 0. The van der Waals surface area contributed by atoms with Crippen molar-refractivity contribution in [3.8, 4) is 0 Å². The Bertz CT molecular complexity index is 787. The van der Waals surface area contributed by atoms with Crippen LogP contribution in [-0.2, 0) is 4.74 Å². The van der Waals surface area contributed by atoms with E-state index in [1.165, 1.54) is 17.1 Å². The maximum Gasteiger partial charge on any atom is 0.251 e. The van der Waals surface area contributed by atoms with Gasteiger partial charge in [0.05, 0.1) is 17.6 Å². The number of nitrogens with zero attached hydrogens (tertiary/aromatic N) is 2. The summed E-state index contributed by atoms with van der Waals surface area (Å²) in [7, 11) is 0. The number of primary amides is 1. The number of carbonyl (C=O) groups is 1. The van der Waals surface area contributed by atoms with Gasteiger partial charge in [0.15, 0.2) is 17.9 Å². The van der Waals surface area contributed by atoms with E-state index in [-0.39, 0.29) is 22.1 Å². The summed E-state index contributed by atoms with van der Waals surface area (Å²) in [5.74, 6) is -0.746. The van der Waals surface area contributed by atoms with Crippen LogP contribution in [0.3, 0.4) is 0 Å². The van der Waals surface area contributed by atoms with Gasteiger partial charge in [-0.3, -0.25) is 14.8 Å². The zero-order chi connectivity index (χ0) is 16.0. The van der Waals surface area contributed by atoms with Crippen molar-refractivity contribution in [3.05, 3.63) is 23.6 Å². The van der Waals surface area contributed by atoms with Crippen molar-refractivity contribution in [2.24, 2.45) is 5.73 Å². The molecule has 0 radical (unpaired) electrons. The Morgan fingerprint density at radius 1 is 1.64 bits per heavy atom. The average Bonchev–Trinajstić information content (AvgIpc) is 3.04. The Kier molecular flexibility index (Phi) is 3.43. The number of ether oxygens (including phenoxy) is 1.